The number of hydrogen-bond donors (Lipinski definition) is 2. The summed E-state index contributed by atoms with van der Waals surface area (Å²) < 4.78 is 0. The molecule has 4 heteroatoms. The highest BCUT2D eigenvalue weighted by atomic mass is 16.4. The van der Waals surface area contributed by atoms with E-state index in [0.29, 0.717) is 6.42 Å². The predicted molar refractivity (Wildman–Crippen MR) is 70.0 cm³/mol. The molecular formula is C14H23NO3. The normalized spacial score (nSPS) is 17.5. The quantitative estimate of drug-likeness (QED) is 0.715. The fraction of sp³-hybridized carbons (Fsp3) is 0.714. The van der Waals surface area contributed by atoms with Crippen LogP contribution in [-0.4, -0.2) is 17.0 Å². The Balaban J connectivity index is 2.18. The first-order valence-electron chi connectivity index (χ1n) is 6.83. The van der Waals surface area contributed by atoms with E-state index in [0.717, 1.165) is 18.8 Å². The molecule has 1 rings (SSSR count). The van der Waals surface area contributed by atoms with Crippen LogP contribution in [0.25, 0.3) is 0 Å². The molecule has 0 heterocycles. The van der Waals surface area contributed by atoms with Crippen molar-refractivity contribution in [1.29, 1.82) is 0 Å². The molecule has 2 N–H and O–H groups in total. The van der Waals surface area contributed by atoms with Gasteiger partial charge in [-0.1, -0.05) is 38.2 Å². The van der Waals surface area contributed by atoms with E-state index >= 15 is 0 Å². The largest absolute Gasteiger partial charge is 0.477 e. The number of nitrogens with one attached hydrogen (secondary N) is 1. The van der Waals surface area contributed by atoms with Crippen molar-refractivity contribution in [3.63, 3.8) is 0 Å². The number of aliphatic carboxylic acids is 1. The average Bonchev–Trinajstić information content (AvgIpc) is 2.37. The highest BCUT2D eigenvalue weighted by molar-refractivity contribution is 5.92. The van der Waals surface area contributed by atoms with Gasteiger partial charge in [0.05, 0.1) is 0 Å². The molecule has 0 spiro atoms. The van der Waals surface area contributed by atoms with Crippen molar-refractivity contribution in [2.24, 2.45) is 5.92 Å². The van der Waals surface area contributed by atoms with Crippen molar-refractivity contribution in [3.05, 3.63) is 11.8 Å². The van der Waals surface area contributed by atoms with Crippen LogP contribution in [0.2, 0.25) is 0 Å². The molecule has 0 atom stereocenters. The van der Waals surface area contributed by atoms with E-state index in [2.05, 4.69) is 5.32 Å². The number of carboxylic acids is 1. The summed E-state index contributed by atoms with van der Waals surface area (Å²) in [4.78, 5) is 22.2. The zero-order chi connectivity index (χ0) is 13.4. The lowest BCUT2D eigenvalue weighted by atomic mass is 9.86. The molecule has 0 aromatic carbocycles. The second kappa shape index (κ2) is 7.90. The highest BCUT2D eigenvalue weighted by Crippen LogP contribution is 2.27. The number of rotatable bonds is 6. The Hall–Kier alpha value is -1.32. The van der Waals surface area contributed by atoms with Gasteiger partial charge in [0.1, 0.15) is 5.70 Å². The Morgan fingerprint density at radius 1 is 1.28 bits per heavy atom. The average molecular weight is 253 g/mol. The molecule has 1 aliphatic carbocycles. The number of allylic oxidation sites excluding steroid dienone is 1. The standard InChI is InChI=1S/C14H23NO3/c1-2-12(14(17)18)15-13(16)10-6-9-11-7-4-3-5-8-11/h2,11H,3-10H2,1H3,(H,15,16)(H,17,18). The van der Waals surface area contributed by atoms with E-state index in [1.165, 1.54) is 38.2 Å². The van der Waals surface area contributed by atoms with Crippen molar-refractivity contribution in [3.8, 4) is 0 Å². The van der Waals surface area contributed by atoms with E-state index in [9.17, 15) is 9.59 Å². The molecule has 1 amide bonds. The van der Waals surface area contributed by atoms with Gasteiger partial charge in [-0.2, -0.15) is 0 Å². The summed E-state index contributed by atoms with van der Waals surface area (Å²) in [7, 11) is 0. The SMILES string of the molecule is CC=C(NC(=O)CCCC1CCCCC1)C(=O)O. The molecule has 0 saturated heterocycles. The van der Waals surface area contributed by atoms with Crippen LogP contribution in [0.3, 0.4) is 0 Å². The topological polar surface area (TPSA) is 66.4 Å². The van der Waals surface area contributed by atoms with E-state index in [1.807, 2.05) is 0 Å². The molecule has 0 bridgehead atoms. The molecule has 1 aliphatic rings. The molecule has 1 saturated carbocycles. The van der Waals surface area contributed by atoms with E-state index in [-0.39, 0.29) is 11.6 Å². The Labute approximate surface area is 108 Å². The van der Waals surface area contributed by atoms with E-state index < -0.39 is 5.97 Å². The van der Waals surface area contributed by atoms with Gasteiger partial charge in [0.15, 0.2) is 0 Å². The van der Waals surface area contributed by atoms with Crippen molar-refractivity contribution in [2.75, 3.05) is 0 Å². The summed E-state index contributed by atoms with van der Waals surface area (Å²) in [5, 5.41) is 11.2. The summed E-state index contributed by atoms with van der Waals surface area (Å²) >= 11 is 0. The fourth-order valence-electron chi connectivity index (χ4n) is 2.49. The van der Waals surface area contributed by atoms with Crippen LogP contribution in [0, 0.1) is 5.92 Å². The van der Waals surface area contributed by atoms with Crippen LogP contribution < -0.4 is 5.32 Å². The lowest BCUT2D eigenvalue weighted by molar-refractivity contribution is -0.134. The van der Waals surface area contributed by atoms with Gasteiger partial charge < -0.3 is 10.4 Å². The first kappa shape index (κ1) is 14.7. The lowest BCUT2D eigenvalue weighted by Crippen LogP contribution is -2.27. The number of carbonyl (C=O) groups is 2. The monoisotopic (exact) mass is 253 g/mol. The smallest absolute Gasteiger partial charge is 0.352 e. The molecule has 0 unspecified atom stereocenters. The molecular weight excluding hydrogens is 230 g/mol. The minimum Gasteiger partial charge on any atom is -0.477 e. The molecule has 4 nitrogen and oxygen atoms in total. The number of carbonyl (C=O) groups excluding carboxylic acids is 1. The number of amides is 1. The van der Waals surface area contributed by atoms with Crippen molar-refractivity contribution in [2.45, 2.75) is 58.3 Å². The van der Waals surface area contributed by atoms with Gasteiger partial charge in [0, 0.05) is 6.42 Å². The van der Waals surface area contributed by atoms with Crippen molar-refractivity contribution < 1.29 is 14.7 Å². The van der Waals surface area contributed by atoms with Crippen LogP contribution in [-0.2, 0) is 9.59 Å². The van der Waals surface area contributed by atoms with Crippen LogP contribution in [0.15, 0.2) is 11.8 Å². The molecule has 0 aromatic rings. The van der Waals surface area contributed by atoms with Crippen molar-refractivity contribution in [1.82, 2.24) is 5.32 Å². The maximum atomic E-state index is 11.5. The third kappa shape index (κ3) is 5.34. The van der Waals surface area contributed by atoms with E-state index in [4.69, 9.17) is 5.11 Å². The summed E-state index contributed by atoms with van der Waals surface area (Å²) in [5.41, 5.74) is -0.0299. The van der Waals surface area contributed by atoms with Crippen LogP contribution in [0.5, 0.6) is 0 Å². The van der Waals surface area contributed by atoms with Gasteiger partial charge in [-0.25, -0.2) is 4.79 Å². The fourth-order valence-corrected chi connectivity index (χ4v) is 2.49. The van der Waals surface area contributed by atoms with E-state index in [1.54, 1.807) is 6.92 Å². The molecule has 18 heavy (non-hydrogen) atoms. The Bertz CT molecular complexity index is 317. The van der Waals surface area contributed by atoms with Gasteiger partial charge in [-0.05, 0) is 25.7 Å². The van der Waals surface area contributed by atoms with Gasteiger partial charge in [0.25, 0.3) is 0 Å². The summed E-state index contributed by atoms with van der Waals surface area (Å²) in [6.45, 7) is 1.60. The van der Waals surface area contributed by atoms with Crippen molar-refractivity contribution >= 4 is 11.9 Å². The highest BCUT2D eigenvalue weighted by Gasteiger charge is 2.14. The third-order valence-electron chi connectivity index (χ3n) is 3.53. The first-order chi connectivity index (χ1) is 8.63. The van der Waals surface area contributed by atoms with Crippen LogP contribution >= 0.6 is 0 Å². The predicted octanol–water partition coefficient (Wildman–Crippen LogP) is 2.84. The maximum Gasteiger partial charge on any atom is 0.352 e. The maximum absolute atomic E-state index is 11.5. The zero-order valence-electron chi connectivity index (χ0n) is 11.1. The molecule has 102 valence electrons. The molecule has 1 fully saturated rings. The Morgan fingerprint density at radius 3 is 2.50 bits per heavy atom. The molecule has 0 radical (unpaired) electrons. The van der Waals surface area contributed by atoms with Crippen LogP contribution in [0.4, 0.5) is 0 Å². The number of carboxylic acid groups (broad SMARTS) is 1. The minimum absolute atomic E-state index is 0.0299. The second-order valence-corrected chi connectivity index (χ2v) is 4.95. The summed E-state index contributed by atoms with van der Waals surface area (Å²) in [6, 6.07) is 0. The minimum atomic E-state index is -1.09. The third-order valence-corrected chi connectivity index (χ3v) is 3.53. The van der Waals surface area contributed by atoms with Crippen LogP contribution in [0.1, 0.15) is 58.3 Å². The lowest BCUT2D eigenvalue weighted by Gasteiger charge is -2.21. The van der Waals surface area contributed by atoms with Gasteiger partial charge in [-0.15, -0.1) is 0 Å². The van der Waals surface area contributed by atoms with Gasteiger partial charge in [0.2, 0.25) is 5.91 Å². The molecule has 0 aliphatic heterocycles. The summed E-state index contributed by atoms with van der Waals surface area (Å²) in [5.74, 6) is -0.508. The zero-order valence-corrected chi connectivity index (χ0v) is 11.1. The summed E-state index contributed by atoms with van der Waals surface area (Å²) in [6.07, 6.45) is 10.3. The van der Waals surface area contributed by atoms with Gasteiger partial charge in [-0.3, -0.25) is 4.79 Å². The van der Waals surface area contributed by atoms with Gasteiger partial charge >= 0.3 is 5.97 Å². The second-order valence-electron chi connectivity index (χ2n) is 4.95. The Morgan fingerprint density at radius 2 is 1.94 bits per heavy atom. The number of hydrogen-bond acceptors (Lipinski definition) is 2. The molecule has 0 aromatic heterocycles. The Kier molecular flexibility index (Phi) is 6.47. The first-order valence-corrected chi connectivity index (χ1v) is 6.83.